The van der Waals surface area contributed by atoms with Crippen LogP contribution in [0, 0.1) is 0 Å². The molecule has 6 nitrogen and oxygen atoms in total. The quantitative estimate of drug-likeness (QED) is 0.811. The average molecular weight is 289 g/mol. The molecule has 2 amide bonds. The molecule has 0 spiro atoms. The molecule has 0 bridgehead atoms. The van der Waals surface area contributed by atoms with Crippen LogP contribution in [0.25, 0.3) is 0 Å². The monoisotopic (exact) mass is 289 g/mol. The minimum atomic E-state index is -0.160. The molecule has 1 fully saturated rings. The van der Waals surface area contributed by atoms with E-state index in [-0.39, 0.29) is 17.9 Å². The maximum absolute atomic E-state index is 12.1. The highest BCUT2D eigenvalue weighted by Crippen LogP contribution is 2.37. The standard InChI is InChI=1S/C15H19N3O3/c1-21-8-6-16-14(19)10-4-5-12-11(9-10)17-15(20)13-3-2-7-18(12)13/h4-5,9,13H,2-3,6-8H2,1H3,(H,16,19)(H,17,20). The van der Waals surface area contributed by atoms with Crippen LogP contribution in [0.4, 0.5) is 11.4 Å². The molecule has 1 aromatic carbocycles. The highest BCUT2D eigenvalue weighted by atomic mass is 16.5. The van der Waals surface area contributed by atoms with E-state index >= 15 is 0 Å². The van der Waals surface area contributed by atoms with E-state index in [2.05, 4.69) is 15.5 Å². The van der Waals surface area contributed by atoms with Crippen LogP contribution in [-0.2, 0) is 9.53 Å². The smallest absolute Gasteiger partial charge is 0.251 e. The zero-order chi connectivity index (χ0) is 14.8. The summed E-state index contributed by atoms with van der Waals surface area (Å²) in [6.45, 7) is 1.83. The summed E-state index contributed by atoms with van der Waals surface area (Å²) in [7, 11) is 1.59. The van der Waals surface area contributed by atoms with Gasteiger partial charge in [-0.25, -0.2) is 0 Å². The molecule has 1 aromatic rings. The summed E-state index contributed by atoms with van der Waals surface area (Å²) >= 11 is 0. The first-order valence-electron chi connectivity index (χ1n) is 7.19. The lowest BCUT2D eigenvalue weighted by Crippen LogP contribution is -2.44. The Labute approximate surface area is 123 Å². The lowest BCUT2D eigenvalue weighted by molar-refractivity contribution is -0.117. The summed E-state index contributed by atoms with van der Waals surface area (Å²) in [5.41, 5.74) is 2.27. The molecular weight excluding hydrogens is 270 g/mol. The molecule has 0 aliphatic carbocycles. The van der Waals surface area contributed by atoms with Crippen molar-refractivity contribution in [3.8, 4) is 0 Å². The number of methoxy groups -OCH3 is 1. The summed E-state index contributed by atoms with van der Waals surface area (Å²) in [6.07, 6.45) is 1.92. The Balaban J connectivity index is 1.80. The van der Waals surface area contributed by atoms with E-state index in [0.29, 0.717) is 18.7 Å². The van der Waals surface area contributed by atoms with Crippen molar-refractivity contribution in [1.82, 2.24) is 5.32 Å². The second kappa shape index (κ2) is 5.73. The number of anilines is 2. The van der Waals surface area contributed by atoms with Gasteiger partial charge in [0.2, 0.25) is 5.91 Å². The maximum atomic E-state index is 12.1. The average Bonchev–Trinajstić information content (AvgIpc) is 2.97. The van der Waals surface area contributed by atoms with E-state index in [1.54, 1.807) is 19.2 Å². The van der Waals surface area contributed by atoms with Crippen LogP contribution in [-0.4, -0.2) is 44.7 Å². The van der Waals surface area contributed by atoms with Crippen LogP contribution >= 0.6 is 0 Å². The Kier molecular flexibility index (Phi) is 3.79. The lowest BCUT2D eigenvalue weighted by Gasteiger charge is -2.33. The molecule has 2 N–H and O–H groups in total. The Bertz CT molecular complexity index is 573. The minimum Gasteiger partial charge on any atom is -0.383 e. The van der Waals surface area contributed by atoms with Crippen LogP contribution in [0.2, 0.25) is 0 Å². The van der Waals surface area contributed by atoms with E-state index < -0.39 is 0 Å². The first-order chi connectivity index (χ1) is 10.2. The number of nitrogens with one attached hydrogen (secondary N) is 2. The number of carbonyl (C=O) groups is 2. The van der Waals surface area contributed by atoms with E-state index in [1.165, 1.54) is 0 Å². The summed E-state index contributed by atoms with van der Waals surface area (Å²) in [4.78, 5) is 26.2. The first kappa shape index (κ1) is 13.9. The van der Waals surface area contributed by atoms with Gasteiger partial charge in [-0.15, -0.1) is 0 Å². The van der Waals surface area contributed by atoms with Gasteiger partial charge in [0.1, 0.15) is 6.04 Å². The molecule has 2 heterocycles. The topological polar surface area (TPSA) is 70.7 Å². The molecule has 6 heteroatoms. The minimum absolute atomic E-state index is 0.0249. The predicted molar refractivity (Wildman–Crippen MR) is 79.6 cm³/mol. The molecule has 1 saturated heterocycles. The Morgan fingerprint density at radius 3 is 3.19 bits per heavy atom. The highest BCUT2D eigenvalue weighted by molar-refractivity contribution is 6.06. The van der Waals surface area contributed by atoms with E-state index in [0.717, 1.165) is 30.8 Å². The molecule has 0 saturated carbocycles. The van der Waals surface area contributed by atoms with Gasteiger partial charge < -0.3 is 20.3 Å². The van der Waals surface area contributed by atoms with Crippen molar-refractivity contribution >= 4 is 23.2 Å². The van der Waals surface area contributed by atoms with E-state index in [4.69, 9.17) is 4.74 Å². The Hall–Kier alpha value is -2.08. The fraction of sp³-hybridized carbons (Fsp3) is 0.467. The van der Waals surface area contributed by atoms with Gasteiger partial charge in [0.05, 0.1) is 18.0 Å². The Morgan fingerprint density at radius 2 is 2.38 bits per heavy atom. The van der Waals surface area contributed by atoms with Crippen LogP contribution in [0.5, 0.6) is 0 Å². The first-order valence-corrected chi connectivity index (χ1v) is 7.19. The van der Waals surface area contributed by atoms with Gasteiger partial charge in [0.15, 0.2) is 0 Å². The van der Waals surface area contributed by atoms with Crippen molar-refractivity contribution in [2.24, 2.45) is 0 Å². The van der Waals surface area contributed by atoms with Crippen LogP contribution < -0.4 is 15.5 Å². The highest BCUT2D eigenvalue weighted by Gasteiger charge is 2.36. The van der Waals surface area contributed by atoms with Crippen molar-refractivity contribution in [2.75, 3.05) is 37.0 Å². The van der Waals surface area contributed by atoms with Crippen molar-refractivity contribution in [3.05, 3.63) is 23.8 Å². The van der Waals surface area contributed by atoms with Crippen LogP contribution in [0.3, 0.4) is 0 Å². The number of fused-ring (bicyclic) bond motifs is 3. The zero-order valence-electron chi connectivity index (χ0n) is 12.0. The molecule has 1 unspecified atom stereocenters. The number of amides is 2. The fourth-order valence-corrected chi connectivity index (χ4v) is 2.94. The summed E-state index contributed by atoms with van der Waals surface area (Å²) < 4.78 is 4.90. The molecule has 0 aromatic heterocycles. The molecule has 2 aliphatic heterocycles. The zero-order valence-corrected chi connectivity index (χ0v) is 12.0. The van der Waals surface area contributed by atoms with Gasteiger partial charge in [0, 0.05) is 25.8 Å². The fourth-order valence-electron chi connectivity index (χ4n) is 2.94. The Morgan fingerprint density at radius 1 is 1.52 bits per heavy atom. The number of benzene rings is 1. The third-order valence-electron chi connectivity index (χ3n) is 3.97. The SMILES string of the molecule is COCCNC(=O)c1ccc2c(c1)NC(=O)C1CCCN21. The summed E-state index contributed by atoms with van der Waals surface area (Å²) in [6, 6.07) is 5.40. The lowest BCUT2D eigenvalue weighted by atomic mass is 10.1. The van der Waals surface area contributed by atoms with Crippen molar-refractivity contribution in [2.45, 2.75) is 18.9 Å². The summed E-state index contributed by atoms with van der Waals surface area (Å²) in [5, 5.41) is 5.68. The van der Waals surface area contributed by atoms with Gasteiger partial charge in [0.25, 0.3) is 5.91 Å². The molecular formula is C15H19N3O3. The molecule has 112 valence electrons. The molecule has 21 heavy (non-hydrogen) atoms. The number of hydrogen-bond acceptors (Lipinski definition) is 4. The maximum Gasteiger partial charge on any atom is 0.251 e. The molecule has 0 radical (unpaired) electrons. The van der Waals surface area contributed by atoms with Crippen molar-refractivity contribution < 1.29 is 14.3 Å². The van der Waals surface area contributed by atoms with Crippen molar-refractivity contribution in [1.29, 1.82) is 0 Å². The second-order valence-corrected chi connectivity index (χ2v) is 5.32. The predicted octanol–water partition coefficient (Wildman–Crippen LogP) is 0.984. The third kappa shape index (κ3) is 2.58. The van der Waals surface area contributed by atoms with Crippen LogP contribution in [0.1, 0.15) is 23.2 Å². The number of ether oxygens (including phenoxy) is 1. The number of hydrogen-bond donors (Lipinski definition) is 2. The van der Waals surface area contributed by atoms with E-state index in [9.17, 15) is 9.59 Å². The second-order valence-electron chi connectivity index (χ2n) is 5.32. The van der Waals surface area contributed by atoms with Crippen LogP contribution in [0.15, 0.2) is 18.2 Å². The van der Waals surface area contributed by atoms with Gasteiger partial charge in [-0.1, -0.05) is 0 Å². The number of rotatable bonds is 4. The van der Waals surface area contributed by atoms with Gasteiger partial charge in [-0.05, 0) is 31.0 Å². The molecule has 2 aliphatic rings. The normalized spacial score (nSPS) is 19.8. The molecule has 3 rings (SSSR count). The van der Waals surface area contributed by atoms with Crippen molar-refractivity contribution in [3.63, 3.8) is 0 Å². The number of carbonyl (C=O) groups excluding carboxylic acids is 2. The van der Waals surface area contributed by atoms with Gasteiger partial charge in [-0.2, -0.15) is 0 Å². The summed E-state index contributed by atoms with van der Waals surface area (Å²) in [5.74, 6) is -0.135. The van der Waals surface area contributed by atoms with E-state index in [1.807, 2.05) is 6.07 Å². The van der Waals surface area contributed by atoms with Gasteiger partial charge >= 0.3 is 0 Å². The third-order valence-corrected chi connectivity index (χ3v) is 3.97. The molecule has 1 atom stereocenters. The largest absolute Gasteiger partial charge is 0.383 e. The number of nitrogens with zero attached hydrogens (tertiary/aromatic N) is 1. The van der Waals surface area contributed by atoms with Gasteiger partial charge in [-0.3, -0.25) is 9.59 Å².